The van der Waals surface area contributed by atoms with Crippen LogP contribution in [0.5, 0.6) is 0 Å². The van der Waals surface area contributed by atoms with Gasteiger partial charge in [-0.25, -0.2) is 4.98 Å². The minimum absolute atomic E-state index is 0.0691. The molecule has 1 heterocycles. The second-order valence-electron chi connectivity index (χ2n) is 6.14. The van der Waals surface area contributed by atoms with E-state index in [1.165, 1.54) is 37.1 Å². The maximum absolute atomic E-state index is 12.0. The summed E-state index contributed by atoms with van der Waals surface area (Å²) < 4.78 is 0. The van der Waals surface area contributed by atoms with Crippen molar-refractivity contribution in [3.05, 3.63) is 34.5 Å². The molecular formula is C19H23N3O2S. The van der Waals surface area contributed by atoms with E-state index < -0.39 is 0 Å². The zero-order valence-corrected chi connectivity index (χ0v) is 15.5. The number of ketones is 1. The highest BCUT2D eigenvalue weighted by Gasteiger charge is 2.14. The summed E-state index contributed by atoms with van der Waals surface area (Å²) in [7, 11) is 0. The van der Waals surface area contributed by atoms with Crippen molar-refractivity contribution in [2.24, 2.45) is 0 Å². The molecule has 0 fully saturated rings. The Kier molecular flexibility index (Phi) is 7.20. The van der Waals surface area contributed by atoms with E-state index in [9.17, 15) is 14.9 Å². The normalized spacial score (nSPS) is 13.7. The lowest BCUT2D eigenvalue weighted by atomic mass is 9.97. The highest BCUT2D eigenvalue weighted by molar-refractivity contribution is 8.00. The van der Waals surface area contributed by atoms with Gasteiger partial charge in [0, 0.05) is 17.8 Å². The van der Waals surface area contributed by atoms with E-state index in [1.54, 1.807) is 13.0 Å². The van der Waals surface area contributed by atoms with Gasteiger partial charge < -0.3 is 5.32 Å². The van der Waals surface area contributed by atoms with Crippen LogP contribution in [0.3, 0.4) is 0 Å². The number of nitrogens with one attached hydrogen (secondary N) is 1. The van der Waals surface area contributed by atoms with Gasteiger partial charge >= 0.3 is 0 Å². The average molecular weight is 357 g/mol. The molecule has 0 saturated heterocycles. The van der Waals surface area contributed by atoms with Crippen LogP contribution in [0.1, 0.15) is 60.6 Å². The van der Waals surface area contributed by atoms with Crippen molar-refractivity contribution >= 4 is 23.5 Å². The van der Waals surface area contributed by atoms with Crippen LogP contribution in [0.4, 0.5) is 0 Å². The van der Waals surface area contributed by atoms with Gasteiger partial charge in [0.05, 0.1) is 11.3 Å². The Morgan fingerprint density at radius 1 is 1.40 bits per heavy atom. The van der Waals surface area contributed by atoms with Gasteiger partial charge in [0.1, 0.15) is 11.1 Å². The van der Waals surface area contributed by atoms with Gasteiger partial charge in [-0.15, -0.1) is 0 Å². The van der Waals surface area contributed by atoms with Gasteiger partial charge in [-0.05, 0) is 52.0 Å². The molecule has 2 rings (SSSR count). The number of hydrogen-bond acceptors (Lipinski definition) is 5. The molecule has 0 spiro atoms. The molecule has 0 radical (unpaired) electrons. The number of carbonyl (C=O) groups is 2. The Bertz CT molecular complexity index is 735. The highest BCUT2D eigenvalue weighted by atomic mass is 32.2. The van der Waals surface area contributed by atoms with E-state index in [0.29, 0.717) is 28.4 Å². The van der Waals surface area contributed by atoms with Crippen LogP contribution < -0.4 is 5.32 Å². The van der Waals surface area contributed by atoms with E-state index in [2.05, 4.69) is 22.4 Å². The molecule has 1 aliphatic rings. The third kappa shape index (κ3) is 5.71. The summed E-state index contributed by atoms with van der Waals surface area (Å²) in [4.78, 5) is 27.9. The van der Waals surface area contributed by atoms with Crippen molar-refractivity contribution < 1.29 is 9.59 Å². The van der Waals surface area contributed by atoms with Gasteiger partial charge in [0.15, 0.2) is 5.78 Å². The van der Waals surface area contributed by atoms with Gasteiger partial charge in [-0.2, -0.15) is 5.26 Å². The fourth-order valence-electron chi connectivity index (χ4n) is 2.81. The number of allylic oxidation sites excluding steroid dienone is 1. The van der Waals surface area contributed by atoms with E-state index in [1.807, 2.05) is 0 Å². The van der Waals surface area contributed by atoms with Crippen molar-refractivity contribution in [1.29, 1.82) is 5.26 Å². The Morgan fingerprint density at radius 2 is 2.20 bits per heavy atom. The third-order valence-corrected chi connectivity index (χ3v) is 5.16. The molecule has 0 bridgehead atoms. The number of aryl methyl sites for hydroxylation is 1. The van der Waals surface area contributed by atoms with Crippen LogP contribution in [0, 0.1) is 18.3 Å². The van der Waals surface area contributed by atoms with Gasteiger partial charge in [-0.3, -0.25) is 9.59 Å². The number of carbonyl (C=O) groups excluding carboxylic acids is 2. The molecule has 0 aliphatic heterocycles. The van der Waals surface area contributed by atoms with Crippen LogP contribution >= 0.6 is 11.8 Å². The second-order valence-corrected chi connectivity index (χ2v) is 7.10. The lowest BCUT2D eigenvalue weighted by molar-refractivity contribution is -0.118. The number of thioether (sulfide) groups is 1. The number of aromatic nitrogens is 1. The van der Waals surface area contributed by atoms with Crippen LogP contribution in [0.15, 0.2) is 22.7 Å². The quantitative estimate of drug-likeness (QED) is 0.458. The van der Waals surface area contributed by atoms with E-state index in [-0.39, 0.29) is 17.4 Å². The summed E-state index contributed by atoms with van der Waals surface area (Å²) in [6.45, 7) is 3.83. The van der Waals surface area contributed by atoms with E-state index in [4.69, 9.17) is 0 Å². The maximum atomic E-state index is 12.0. The van der Waals surface area contributed by atoms with Gasteiger partial charge in [-0.1, -0.05) is 23.4 Å². The summed E-state index contributed by atoms with van der Waals surface area (Å²) in [5.41, 5.74) is 2.80. The van der Waals surface area contributed by atoms with Crippen LogP contribution in [0.25, 0.3) is 0 Å². The van der Waals surface area contributed by atoms with E-state index in [0.717, 1.165) is 19.3 Å². The first kappa shape index (κ1) is 19.2. The van der Waals surface area contributed by atoms with Crippen LogP contribution in [-0.2, 0) is 4.79 Å². The van der Waals surface area contributed by atoms with Crippen molar-refractivity contribution in [3.8, 4) is 6.07 Å². The maximum Gasteiger partial charge on any atom is 0.230 e. The lowest BCUT2D eigenvalue weighted by Gasteiger charge is -2.13. The summed E-state index contributed by atoms with van der Waals surface area (Å²) >= 11 is 1.23. The fraction of sp³-hybridized carbons (Fsp3) is 0.474. The standard InChI is InChI=1S/C19H23N3O2S/c1-13-17(14(2)23)10-16(11-20)19(22-13)25-12-18(24)21-9-8-15-6-4-3-5-7-15/h6,10H,3-5,7-9,12H2,1-2H3,(H,21,24). The summed E-state index contributed by atoms with van der Waals surface area (Å²) in [5.74, 6) is 0.0211. The second kappa shape index (κ2) is 9.38. The molecule has 25 heavy (non-hydrogen) atoms. The molecule has 1 amide bonds. The number of nitriles is 1. The smallest absolute Gasteiger partial charge is 0.230 e. The largest absolute Gasteiger partial charge is 0.355 e. The van der Waals surface area contributed by atoms with Crippen molar-refractivity contribution in [3.63, 3.8) is 0 Å². The zero-order valence-electron chi connectivity index (χ0n) is 14.7. The third-order valence-electron chi connectivity index (χ3n) is 4.17. The number of rotatable bonds is 7. The first-order valence-corrected chi connectivity index (χ1v) is 9.50. The van der Waals surface area contributed by atoms with Crippen LogP contribution in [-0.4, -0.2) is 29.0 Å². The monoisotopic (exact) mass is 357 g/mol. The number of nitrogens with zero attached hydrogens (tertiary/aromatic N) is 2. The Morgan fingerprint density at radius 3 is 2.84 bits per heavy atom. The van der Waals surface area contributed by atoms with Gasteiger partial charge in [0.25, 0.3) is 0 Å². The van der Waals surface area contributed by atoms with Crippen molar-refractivity contribution in [2.45, 2.75) is 51.0 Å². The Labute approximate surface area is 152 Å². The lowest BCUT2D eigenvalue weighted by Crippen LogP contribution is -2.26. The summed E-state index contributed by atoms with van der Waals surface area (Å²) in [5, 5.41) is 12.7. The molecule has 0 unspecified atom stereocenters. The van der Waals surface area contributed by atoms with Crippen molar-refractivity contribution in [2.75, 3.05) is 12.3 Å². The Balaban J connectivity index is 1.86. The topological polar surface area (TPSA) is 82.8 Å². The highest BCUT2D eigenvalue weighted by Crippen LogP contribution is 2.23. The molecule has 1 aromatic rings. The molecule has 1 N–H and O–H groups in total. The number of amides is 1. The molecule has 0 atom stereocenters. The fourth-order valence-corrected chi connectivity index (χ4v) is 3.64. The molecule has 5 nitrogen and oxygen atoms in total. The number of hydrogen-bond donors (Lipinski definition) is 1. The predicted octanol–water partition coefficient (Wildman–Crippen LogP) is 3.56. The Hall–Kier alpha value is -2.13. The molecule has 0 saturated carbocycles. The minimum atomic E-state index is -0.118. The molecule has 0 aromatic carbocycles. The minimum Gasteiger partial charge on any atom is -0.355 e. The molecule has 1 aromatic heterocycles. The molecular weight excluding hydrogens is 334 g/mol. The van der Waals surface area contributed by atoms with Gasteiger partial charge in [0.2, 0.25) is 5.91 Å². The first-order valence-electron chi connectivity index (χ1n) is 8.51. The van der Waals surface area contributed by atoms with Crippen molar-refractivity contribution in [1.82, 2.24) is 10.3 Å². The predicted molar refractivity (Wildman–Crippen MR) is 98.6 cm³/mol. The molecule has 6 heteroatoms. The number of Topliss-reactive ketones (excluding diaryl/α,β-unsaturated/α-hetero) is 1. The molecule has 1 aliphatic carbocycles. The van der Waals surface area contributed by atoms with E-state index >= 15 is 0 Å². The SMILES string of the molecule is CC(=O)c1cc(C#N)c(SCC(=O)NCCC2=CCCCC2)nc1C. The summed E-state index contributed by atoms with van der Waals surface area (Å²) in [6.07, 6.45) is 7.99. The zero-order chi connectivity index (χ0) is 18.2. The van der Waals surface area contributed by atoms with Crippen LogP contribution in [0.2, 0.25) is 0 Å². The summed E-state index contributed by atoms with van der Waals surface area (Å²) in [6, 6.07) is 3.61. The first-order chi connectivity index (χ1) is 12.0. The average Bonchev–Trinajstić information content (AvgIpc) is 2.60. The number of pyridine rings is 1. The molecule has 132 valence electrons.